The molecule has 2 amide bonds. The molecule has 0 saturated carbocycles. The first-order chi connectivity index (χ1) is 13.2. The van der Waals surface area contributed by atoms with E-state index >= 15 is 0 Å². The van der Waals surface area contributed by atoms with Gasteiger partial charge in [0.2, 0.25) is 11.8 Å². The molecular weight excluding hydrogens is 342 g/mol. The predicted molar refractivity (Wildman–Crippen MR) is 105 cm³/mol. The number of anilines is 3. The molecular formula is C21H23N3O3. The van der Waals surface area contributed by atoms with E-state index in [4.69, 9.17) is 4.74 Å². The Morgan fingerprint density at radius 3 is 2.48 bits per heavy atom. The fraction of sp³-hybridized carbons (Fsp3) is 0.333. The quantitative estimate of drug-likeness (QED) is 0.905. The van der Waals surface area contributed by atoms with Crippen LogP contribution in [0.25, 0.3) is 0 Å². The van der Waals surface area contributed by atoms with Crippen LogP contribution in [0.5, 0.6) is 0 Å². The zero-order valence-corrected chi connectivity index (χ0v) is 15.1. The summed E-state index contributed by atoms with van der Waals surface area (Å²) in [6, 6.07) is 16.7. The summed E-state index contributed by atoms with van der Waals surface area (Å²) < 4.78 is 5.43. The number of nitrogens with one attached hydrogen (secondary N) is 1. The smallest absolute Gasteiger partial charge is 0.247 e. The molecule has 2 aliphatic heterocycles. The van der Waals surface area contributed by atoms with E-state index < -0.39 is 6.04 Å². The molecule has 2 aliphatic rings. The first-order valence-electron chi connectivity index (χ1n) is 9.34. The molecule has 0 spiro atoms. The number of rotatable bonds is 4. The molecule has 27 heavy (non-hydrogen) atoms. The second-order valence-electron chi connectivity index (χ2n) is 6.76. The highest BCUT2D eigenvalue weighted by Gasteiger charge is 2.37. The van der Waals surface area contributed by atoms with Gasteiger partial charge < -0.3 is 15.0 Å². The highest BCUT2D eigenvalue weighted by molar-refractivity contribution is 6.08. The Morgan fingerprint density at radius 1 is 1.00 bits per heavy atom. The van der Waals surface area contributed by atoms with Gasteiger partial charge in [0.1, 0.15) is 6.04 Å². The molecule has 2 aromatic rings. The number of benzene rings is 2. The van der Waals surface area contributed by atoms with Crippen molar-refractivity contribution in [3.63, 3.8) is 0 Å². The van der Waals surface area contributed by atoms with Crippen LogP contribution in [-0.2, 0) is 14.3 Å². The highest BCUT2D eigenvalue weighted by atomic mass is 16.5. The maximum atomic E-state index is 13.0. The van der Waals surface area contributed by atoms with Crippen LogP contribution in [-0.4, -0.2) is 44.2 Å². The molecule has 1 atom stereocenters. The maximum absolute atomic E-state index is 13.0. The van der Waals surface area contributed by atoms with E-state index in [1.54, 1.807) is 4.90 Å². The van der Waals surface area contributed by atoms with Crippen molar-refractivity contribution in [3.05, 3.63) is 54.6 Å². The molecule has 1 N–H and O–H groups in total. The molecule has 6 nitrogen and oxygen atoms in total. The van der Waals surface area contributed by atoms with E-state index in [2.05, 4.69) is 10.2 Å². The fourth-order valence-electron chi connectivity index (χ4n) is 3.72. The zero-order valence-electron chi connectivity index (χ0n) is 15.1. The van der Waals surface area contributed by atoms with Gasteiger partial charge in [-0.05, 0) is 30.7 Å². The minimum absolute atomic E-state index is 0.0113. The average Bonchev–Trinajstić information content (AvgIpc) is 3.11. The summed E-state index contributed by atoms with van der Waals surface area (Å²) in [4.78, 5) is 29.2. The highest BCUT2D eigenvalue weighted by Crippen LogP contribution is 2.30. The number of carbonyl (C=O) groups excluding carboxylic acids is 2. The van der Waals surface area contributed by atoms with Crippen LogP contribution in [0.3, 0.4) is 0 Å². The Kier molecular flexibility index (Phi) is 5.07. The van der Waals surface area contributed by atoms with Gasteiger partial charge in [0.25, 0.3) is 0 Å². The first kappa shape index (κ1) is 17.5. The minimum Gasteiger partial charge on any atom is -0.378 e. The lowest BCUT2D eigenvalue weighted by Crippen LogP contribution is -2.42. The molecule has 0 bridgehead atoms. The van der Waals surface area contributed by atoms with E-state index in [0.717, 1.165) is 30.2 Å². The number of para-hydroxylation sites is 3. The summed E-state index contributed by atoms with van der Waals surface area (Å²) >= 11 is 0. The van der Waals surface area contributed by atoms with E-state index in [1.807, 2.05) is 54.6 Å². The lowest BCUT2D eigenvalue weighted by molar-refractivity contribution is -0.120. The van der Waals surface area contributed by atoms with Gasteiger partial charge in [-0.1, -0.05) is 30.3 Å². The average molecular weight is 365 g/mol. The van der Waals surface area contributed by atoms with Gasteiger partial charge in [0.15, 0.2) is 0 Å². The number of hydrogen-bond donors (Lipinski definition) is 1. The Bertz CT molecular complexity index is 818. The van der Waals surface area contributed by atoms with Gasteiger partial charge in [0, 0.05) is 25.2 Å². The van der Waals surface area contributed by atoms with Crippen molar-refractivity contribution >= 4 is 28.9 Å². The normalized spacial score (nSPS) is 20.0. The number of morpholine rings is 1. The van der Waals surface area contributed by atoms with Gasteiger partial charge in [-0.2, -0.15) is 0 Å². The van der Waals surface area contributed by atoms with Crippen molar-refractivity contribution in [2.45, 2.75) is 18.9 Å². The van der Waals surface area contributed by atoms with Gasteiger partial charge in [-0.15, -0.1) is 0 Å². The van der Waals surface area contributed by atoms with Gasteiger partial charge in [-0.3, -0.25) is 14.5 Å². The van der Waals surface area contributed by atoms with Crippen molar-refractivity contribution in [2.24, 2.45) is 0 Å². The van der Waals surface area contributed by atoms with E-state index in [1.165, 1.54) is 0 Å². The fourth-order valence-corrected chi connectivity index (χ4v) is 3.72. The van der Waals surface area contributed by atoms with Crippen molar-refractivity contribution in [1.82, 2.24) is 0 Å². The summed E-state index contributed by atoms with van der Waals surface area (Å²) in [5.74, 6) is -0.159. The molecule has 1 unspecified atom stereocenters. The zero-order chi connectivity index (χ0) is 18.6. The standard InChI is InChI=1S/C21H23N3O3/c25-20-11-10-19(24(20)16-6-2-1-3-7-16)21(26)22-17-8-4-5-9-18(17)23-12-14-27-15-13-23/h1-9,19H,10-15H2,(H,22,26). The molecule has 2 aromatic carbocycles. The lowest BCUT2D eigenvalue weighted by Gasteiger charge is -2.31. The van der Waals surface area contributed by atoms with Crippen LogP contribution in [0.2, 0.25) is 0 Å². The van der Waals surface area contributed by atoms with Crippen LogP contribution in [0.4, 0.5) is 17.1 Å². The van der Waals surface area contributed by atoms with E-state index in [-0.39, 0.29) is 11.8 Å². The summed E-state index contributed by atoms with van der Waals surface area (Å²) in [6.45, 7) is 2.96. The number of ether oxygens (including phenoxy) is 1. The largest absolute Gasteiger partial charge is 0.378 e. The third-order valence-corrected chi connectivity index (χ3v) is 5.06. The van der Waals surface area contributed by atoms with Gasteiger partial charge in [-0.25, -0.2) is 0 Å². The lowest BCUT2D eigenvalue weighted by atomic mass is 10.1. The molecule has 2 fully saturated rings. The van der Waals surface area contributed by atoms with Crippen molar-refractivity contribution in [1.29, 1.82) is 0 Å². The maximum Gasteiger partial charge on any atom is 0.247 e. The van der Waals surface area contributed by atoms with Crippen LogP contribution in [0, 0.1) is 0 Å². The van der Waals surface area contributed by atoms with Crippen LogP contribution in [0.15, 0.2) is 54.6 Å². The second kappa shape index (κ2) is 7.80. The summed E-state index contributed by atoms with van der Waals surface area (Å²) in [5.41, 5.74) is 2.53. The Labute approximate surface area is 158 Å². The van der Waals surface area contributed by atoms with Crippen molar-refractivity contribution in [3.8, 4) is 0 Å². The first-order valence-corrected chi connectivity index (χ1v) is 9.34. The number of hydrogen-bond acceptors (Lipinski definition) is 4. The van der Waals surface area contributed by atoms with Gasteiger partial charge in [0.05, 0.1) is 24.6 Å². The summed E-state index contributed by atoms with van der Waals surface area (Å²) in [5, 5.41) is 3.05. The molecule has 140 valence electrons. The number of carbonyl (C=O) groups is 2. The third-order valence-electron chi connectivity index (χ3n) is 5.06. The monoisotopic (exact) mass is 365 g/mol. The van der Waals surface area contributed by atoms with E-state index in [9.17, 15) is 9.59 Å². The molecule has 2 heterocycles. The van der Waals surface area contributed by atoms with E-state index in [0.29, 0.717) is 26.1 Å². The minimum atomic E-state index is -0.488. The molecule has 0 aliphatic carbocycles. The Morgan fingerprint density at radius 2 is 1.70 bits per heavy atom. The topological polar surface area (TPSA) is 61.9 Å². The molecule has 6 heteroatoms. The Balaban J connectivity index is 1.55. The van der Waals surface area contributed by atoms with Crippen LogP contribution >= 0.6 is 0 Å². The molecule has 0 aromatic heterocycles. The van der Waals surface area contributed by atoms with Crippen LogP contribution in [0.1, 0.15) is 12.8 Å². The van der Waals surface area contributed by atoms with Gasteiger partial charge >= 0.3 is 0 Å². The van der Waals surface area contributed by atoms with Crippen molar-refractivity contribution in [2.75, 3.05) is 41.4 Å². The third kappa shape index (κ3) is 3.66. The summed E-state index contributed by atoms with van der Waals surface area (Å²) in [6.07, 6.45) is 0.914. The Hall–Kier alpha value is -2.86. The molecule has 0 radical (unpaired) electrons. The molecule has 2 saturated heterocycles. The number of amides is 2. The summed E-state index contributed by atoms with van der Waals surface area (Å²) in [7, 11) is 0. The SMILES string of the molecule is O=C(Nc1ccccc1N1CCOCC1)C1CCC(=O)N1c1ccccc1. The predicted octanol–water partition coefficient (Wildman–Crippen LogP) is 2.66. The molecule has 4 rings (SSSR count). The second-order valence-corrected chi connectivity index (χ2v) is 6.76. The number of nitrogens with zero attached hydrogens (tertiary/aromatic N) is 2. The van der Waals surface area contributed by atoms with Crippen LogP contribution < -0.4 is 15.1 Å². The van der Waals surface area contributed by atoms with Crippen molar-refractivity contribution < 1.29 is 14.3 Å².